The number of fused-ring (bicyclic) bond motifs is 1. The van der Waals surface area contributed by atoms with Gasteiger partial charge in [-0.1, -0.05) is 18.2 Å². The van der Waals surface area contributed by atoms with Gasteiger partial charge in [-0.2, -0.15) is 0 Å². The first-order valence-corrected chi connectivity index (χ1v) is 6.09. The van der Waals surface area contributed by atoms with Crippen LogP contribution >= 0.6 is 0 Å². The Labute approximate surface area is 106 Å². The Kier molecular flexibility index (Phi) is 2.59. The van der Waals surface area contributed by atoms with Crippen molar-refractivity contribution in [1.29, 1.82) is 0 Å². The summed E-state index contributed by atoms with van der Waals surface area (Å²) in [5.74, 6) is 0.0283. The van der Waals surface area contributed by atoms with E-state index in [1.807, 2.05) is 29.2 Å². The van der Waals surface area contributed by atoms with E-state index in [-0.39, 0.29) is 11.9 Å². The minimum Gasteiger partial charge on any atom is -0.305 e. The summed E-state index contributed by atoms with van der Waals surface area (Å²) in [7, 11) is 0. The van der Waals surface area contributed by atoms with Gasteiger partial charge in [0.1, 0.15) is 0 Å². The quantitative estimate of drug-likeness (QED) is 0.765. The number of benzene rings is 1. The van der Waals surface area contributed by atoms with Crippen molar-refractivity contribution in [2.24, 2.45) is 0 Å². The fraction of sp³-hybridized carbons (Fsp3) is 0.200. The number of carbonyl (C=O) groups is 1. The molecule has 0 aliphatic carbocycles. The van der Waals surface area contributed by atoms with E-state index < -0.39 is 0 Å². The molecule has 2 aromatic rings. The maximum absolute atomic E-state index is 12.5. The molecule has 1 atom stereocenters. The molecule has 0 N–H and O–H groups in total. The first-order chi connectivity index (χ1) is 8.77. The van der Waals surface area contributed by atoms with Crippen molar-refractivity contribution in [2.75, 3.05) is 4.90 Å². The molecule has 0 saturated carbocycles. The maximum atomic E-state index is 12.5. The monoisotopic (exact) mass is 238 g/mol. The summed E-state index contributed by atoms with van der Waals surface area (Å²) >= 11 is 0. The second-order valence-corrected chi connectivity index (χ2v) is 4.60. The lowest BCUT2D eigenvalue weighted by molar-refractivity contribution is 0.0981. The van der Waals surface area contributed by atoms with Gasteiger partial charge in [0, 0.05) is 24.1 Å². The topological polar surface area (TPSA) is 33.2 Å². The summed E-state index contributed by atoms with van der Waals surface area (Å²) in [5.41, 5.74) is 2.90. The Balaban J connectivity index is 2.00. The van der Waals surface area contributed by atoms with E-state index in [0.29, 0.717) is 5.56 Å². The zero-order valence-corrected chi connectivity index (χ0v) is 10.2. The number of anilines is 1. The average Bonchev–Trinajstić information content (AvgIpc) is 2.75. The summed E-state index contributed by atoms with van der Waals surface area (Å²) in [4.78, 5) is 18.4. The molecular formula is C15H14N2O. The van der Waals surface area contributed by atoms with Crippen LogP contribution in [0, 0.1) is 0 Å². The lowest BCUT2D eigenvalue weighted by atomic mass is 10.1. The molecule has 0 spiro atoms. The molecule has 2 heterocycles. The van der Waals surface area contributed by atoms with Gasteiger partial charge in [0.05, 0.1) is 5.56 Å². The lowest BCUT2D eigenvalue weighted by Gasteiger charge is -2.22. The van der Waals surface area contributed by atoms with E-state index in [9.17, 15) is 4.79 Å². The van der Waals surface area contributed by atoms with Gasteiger partial charge >= 0.3 is 0 Å². The van der Waals surface area contributed by atoms with Gasteiger partial charge in [-0.25, -0.2) is 0 Å². The van der Waals surface area contributed by atoms with Crippen LogP contribution in [0.4, 0.5) is 5.69 Å². The van der Waals surface area contributed by atoms with Gasteiger partial charge in [0.2, 0.25) is 0 Å². The normalized spacial score (nSPS) is 17.6. The highest BCUT2D eigenvalue weighted by atomic mass is 16.2. The van der Waals surface area contributed by atoms with Crippen LogP contribution in [0.2, 0.25) is 0 Å². The fourth-order valence-electron chi connectivity index (χ4n) is 2.50. The Hall–Kier alpha value is -2.16. The average molecular weight is 238 g/mol. The molecule has 1 aliphatic heterocycles. The van der Waals surface area contributed by atoms with Crippen LogP contribution < -0.4 is 4.90 Å². The molecule has 90 valence electrons. The van der Waals surface area contributed by atoms with Crippen LogP contribution in [0.1, 0.15) is 22.8 Å². The van der Waals surface area contributed by atoms with E-state index in [1.54, 1.807) is 18.5 Å². The van der Waals surface area contributed by atoms with Crippen molar-refractivity contribution in [1.82, 2.24) is 4.98 Å². The van der Waals surface area contributed by atoms with E-state index in [4.69, 9.17) is 0 Å². The standard InChI is InChI=1S/C15H14N2O/c1-11-9-12-5-2-3-7-14(12)17(11)15(18)13-6-4-8-16-10-13/h2-8,10-11H,9H2,1H3/t11-/m1/s1. The number of amides is 1. The van der Waals surface area contributed by atoms with Gasteiger partial charge in [-0.3, -0.25) is 9.78 Å². The zero-order valence-electron chi connectivity index (χ0n) is 10.2. The molecule has 3 heteroatoms. The number of hydrogen-bond donors (Lipinski definition) is 0. The molecule has 1 aliphatic rings. The molecule has 0 unspecified atom stereocenters. The summed E-state index contributed by atoms with van der Waals surface area (Å²) < 4.78 is 0. The zero-order chi connectivity index (χ0) is 12.5. The second kappa shape index (κ2) is 4.26. The molecule has 1 aromatic carbocycles. The number of nitrogens with zero attached hydrogens (tertiary/aromatic N) is 2. The highest BCUT2D eigenvalue weighted by Gasteiger charge is 2.31. The van der Waals surface area contributed by atoms with Crippen molar-refractivity contribution in [3.05, 3.63) is 59.9 Å². The van der Waals surface area contributed by atoms with Crippen molar-refractivity contribution >= 4 is 11.6 Å². The number of carbonyl (C=O) groups excluding carboxylic acids is 1. The minimum atomic E-state index is 0.0283. The molecule has 3 nitrogen and oxygen atoms in total. The third-order valence-corrected chi connectivity index (χ3v) is 3.33. The molecule has 1 aromatic heterocycles. The largest absolute Gasteiger partial charge is 0.305 e. The highest BCUT2D eigenvalue weighted by molar-refractivity contribution is 6.07. The number of hydrogen-bond acceptors (Lipinski definition) is 2. The minimum absolute atomic E-state index is 0.0283. The SMILES string of the molecule is C[C@@H]1Cc2ccccc2N1C(=O)c1cccnc1. The fourth-order valence-corrected chi connectivity index (χ4v) is 2.50. The van der Waals surface area contributed by atoms with E-state index >= 15 is 0 Å². The van der Waals surface area contributed by atoms with Gasteiger partial charge in [0.15, 0.2) is 0 Å². The predicted octanol–water partition coefficient (Wildman–Crippen LogP) is 2.67. The van der Waals surface area contributed by atoms with Crippen molar-refractivity contribution in [3.8, 4) is 0 Å². The van der Waals surface area contributed by atoms with Gasteiger partial charge < -0.3 is 4.90 Å². The van der Waals surface area contributed by atoms with E-state index in [0.717, 1.165) is 12.1 Å². The van der Waals surface area contributed by atoms with E-state index in [1.165, 1.54) is 5.56 Å². The number of aromatic nitrogens is 1. The van der Waals surface area contributed by atoms with Crippen molar-refractivity contribution < 1.29 is 4.79 Å². The molecule has 0 bridgehead atoms. The molecule has 0 saturated heterocycles. The third-order valence-electron chi connectivity index (χ3n) is 3.33. The summed E-state index contributed by atoms with van der Waals surface area (Å²) in [6.07, 6.45) is 4.22. The summed E-state index contributed by atoms with van der Waals surface area (Å²) in [6, 6.07) is 11.9. The predicted molar refractivity (Wildman–Crippen MR) is 70.7 cm³/mol. The Morgan fingerprint density at radius 1 is 1.28 bits per heavy atom. The number of para-hydroxylation sites is 1. The van der Waals surface area contributed by atoms with Crippen LogP contribution in [0.5, 0.6) is 0 Å². The molecular weight excluding hydrogens is 224 g/mol. The van der Waals surface area contributed by atoms with Crippen molar-refractivity contribution in [3.63, 3.8) is 0 Å². The Morgan fingerprint density at radius 3 is 2.89 bits per heavy atom. The van der Waals surface area contributed by atoms with Gasteiger partial charge in [-0.15, -0.1) is 0 Å². The number of pyridine rings is 1. The smallest absolute Gasteiger partial charge is 0.260 e. The molecule has 0 radical (unpaired) electrons. The first kappa shape index (κ1) is 11.0. The molecule has 3 rings (SSSR count). The van der Waals surface area contributed by atoms with Crippen molar-refractivity contribution in [2.45, 2.75) is 19.4 Å². The number of rotatable bonds is 1. The van der Waals surface area contributed by atoms with Crippen LogP contribution in [-0.2, 0) is 6.42 Å². The first-order valence-electron chi connectivity index (χ1n) is 6.09. The van der Waals surface area contributed by atoms with Crippen LogP contribution in [0.25, 0.3) is 0 Å². The van der Waals surface area contributed by atoms with Crippen LogP contribution in [0.3, 0.4) is 0 Å². The van der Waals surface area contributed by atoms with E-state index in [2.05, 4.69) is 18.0 Å². The maximum Gasteiger partial charge on any atom is 0.260 e. The van der Waals surface area contributed by atoms with Gasteiger partial charge in [0.25, 0.3) is 5.91 Å². The summed E-state index contributed by atoms with van der Waals surface area (Å²) in [5, 5.41) is 0. The molecule has 18 heavy (non-hydrogen) atoms. The van der Waals surface area contributed by atoms with Gasteiger partial charge in [-0.05, 0) is 37.1 Å². The molecule has 0 fully saturated rings. The molecule has 1 amide bonds. The Morgan fingerprint density at radius 2 is 2.11 bits per heavy atom. The highest BCUT2D eigenvalue weighted by Crippen LogP contribution is 2.32. The van der Waals surface area contributed by atoms with Crippen LogP contribution in [-0.4, -0.2) is 16.9 Å². The Bertz CT molecular complexity index is 580. The van der Waals surface area contributed by atoms with Crippen LogP contribution in [0.15, 0.2) is 48.8 Å². The second-order valence-electron chi connectivity index (χ2n) is 4.60. The third kappa shape index (κ3) is 1.68. The lowest BCUT2D eigenvalue weighted by Crippen LogP contribution is -2.35. The summed E-state index contributed by atoms with van der Waals surface area (Å²) in [6.45, 7) is 2.08.